The molecule has 0 radical (unpaired) electrons. The van der Waals surface area contributed by atoms with Gasteiger partial charge in [-0.15, -0.1) is 0 Å². The van der Waals surface area contributed by atoms with Gasteiger partial charge in [0, 0.05) is 15.2 Å². The Bertz CT molecular complexity index is 724. The largest absolute Gasteiger partial charge is 0.282 e. The lowest BCUT2D eigenvalue weighted by Crippen LogP contribution is -2.21. The number of nitrogens with one attached hydrogen (secondary N) is 1. The molecule has 1 rings (SSSR count). The van der Waals surface area contributed by atoms with Gasteiger partial charge in [0.25, 0.3) is 9.05 Å². The fourth-order valence-electron chi connectivity index (χ4n) is 1.39. The third-order valence-electron chi connectivity index (χ3n) is 2.61. The molecule has 0 heterocycles. The van der Waals surface area contributed by atoms with Gasteiger partial charge in [0.05, 0.1) is 16.3 Å². The fourth-order valence-corrected chi connectivity index (χ4v) is 4.42. The van der Waals surface area contributed by atoms with E-state index in [9.17, 15) is 16.8 Å². The molecule has 0 aliphatic heterocycles. The summed E-state index contributed by atoms with van der Waals surface area (Å²) in [5.74, 6) is -0.0154. The third kappa shape index (κ3) is 6.54. The molecule has 0 saturated heterocycles. The second kappa shape index (κ2) is 6.44. The molecule has 120 valence electrons. The smallest absolute Gasteiger partial charge is 0.261 e. The van der Waals surface area contributed by atoms with E-state index in [0.29, 0.717) is 10.9 Å². The number of anilines is 1. The van der Waals surface area contributed by atoms with E-state index in [-0.39, 0.29) is 21.8 Å². The lowest BCUT2D eigenvalue weighted by Gasteiger charge is -2.18. The molecule has 1 N–H and O–H groups in total. The summed E-state index contributed by atoms with van der Waals surface area (Å²) >= 11 is 3.13. The van der Waals surface area contributed by atoms with Crippen molar-refractivity contribution in [1.82, 2.24) is 0 Å². The molecule has 0 atom stereocenters. The standard InChI is InChI=1S/C12H17BrClNO4S2/c1-12(2,3)6-7-20(16,17)15-11-5-4-9(8-10(11)13)21(14,18)19/h4-5,8,15H,6-7H2,1-3H3. The number of halogens is 2. The van der Waals surface area contributed by atoms with Crippen LogP contribution in [-0.2, 0) is 19.1 Å². The van der Waals surface area contributed by atoms with Crippen molar-refractivity contribution >= 4 is 51.4 Å². The summed E-state index contributed by atoms with van der Waals surface area (Å²) in [6.07, 6.45) is 0.508. The van der Waals surface area contributed by atoms with Crippen LogP contribution in [0.4, 0.5) is 5.69 Å². The van der Waals surface area contributed by atoms with Crippen LogP contribution in [0.3, 0.4) is 0 Å². The van der Waals surface area contributed by atoms with E-state index in [4.69, 9.17) is 10.7 Å². The highest BCUT2D eigenvalue weighted by atomic mass is 79.9. The van der Waals surface area contributed by atoms with Gasteiger partial charge in [-0.05, 0) is 46.0 Å². The van der Waals surface area contributed by atoms with E-state index in [1.165, 1.54) is 18.2 Å². The first kappa shape index (κ1) is 18.7. The van der Waals surface area contributed by atoms with Crippen LogP contribution < -0.4 is 4.72 Å². The number of rotatable bonds is 5. The fraction of sp³-hybridized carbons (Fsp3) is 0.500. The van der Waals surface area contributed by atoms with Gasteiger partial charge in [0.2, 0.25) is 10.0 Å². The first-order valence-electron chi connectivity index (χ1n) is 6.05. The van der Waals surface area contributed by atoms with Crippen LogP contribution in [-0.4, -0.2) is 22.6 Å². The van der Waals surface area contributed by atoms with Gasteiger partial charge >= 0.3 is 0 Å². The minimum atomic E-state index is -3.85. The molecule has 0 aliphatic rings. The first-order valence-corrected chi connectivity index (χ1v) is 10.8. The van der Waals surface area contributed by atoms with Gasteiger partial charge in [0.15, 0.2) is 0 Å². The third-order valence-corrected chi connectivity index (χ3v) is 5.89. The summed E-state index contributed by atoms with van der Waals surface area (Å²) in [6.45, 7) is 5.87. The maximum absolute atomic E-state index is 12.0. The molecule has 0 amide bonds. The van der Waals surface area contributed by atoms with Crippen molar-refractivity contribution in [2.75, 3.05) is 10.5 Å². The van der Waals surface area contributed by atoms with E-state index >= 15 is 0 Å². The highest BCUT2D eigenvalue weighted by molar-refractivity contribution is 9.10. The van der Waals surface area contributed by atoms with Crippen LogP contribution in [0.25, 0.3) is 0 Å². The summed E-state index contributed by atoms with van der Waals surface area (Å²) in [5, 5.41) is 0. The molecule has 0 unspecified atom stereocenters. The molecule has 1 aromatic rings. The van der Waals surface area contributed by atoms with Crippen molar-refractivity contribution in [3.63, 3.8) is 0 Å². The van der Waals surface area contributed by atoms with Crippen LogP contribution in [0, 0.1) is 5.41 Å². The van der Waals surface area contributed by atoms with E-state index in [0.717, 1.165) is 0 Å². The Hall–Kier alpha value is -0.310. The minimum absolute atomic E-state index is 0.0154. The molecule has 21 heavy (non-hydrogen) atoms. The molecule has 5 nitrogen and oxygen atoms in total. The predicted molar refractivity (Wildman–Crippen MR) is 88.7 cm³/mol. The zero-order valence-corrected chi connectivity index (χ0v) is 15.8. The Balaban J connectivity index is 2.94. The summed E-state index contributed by atoms with van der Waals surface area (Å²) in [4.78, 5) is -0.103. The first-order chi connectivity index (χ1) is 9.30. The molecule has 1 aromatic carbocycles. The van der Waals surface area contributed by atoms with Crippen LogP contribution in [0.5, 0.6) is 0 Å². The topological polar surface area (TPSA) is 80.3 Å². The quantitative estimate of drug-likeness (QED) is 0.741. The van der Waals surface area contributed by atoms with Crippen LogP contribution >= 0.6 is 26.6 Å². The van der Waals surface area contributed by atoms with E-state index in [1.54, 1.807) is 0 Å². The average molecular weight is 419 g/mol. The van der Waals surface area contributed by atoms with Crippen molar-refractivity contribution in [2.45, 2.75) is 32.1 Å². The second-order valence-electron chi connectivity index (χ2n) is 5.81. The molecule has 9 heteroatoms. The molecule has 0 bridgehead atoms. The number of hydrogen-bond donors (Lipinski definition) is 1. The van der Waals surface area contributed by atoms with E-state index < -0.39 is 19.1 Å². The van der Waals surface area contributed by atoms with Crippen molar-refractivity contribution in [2.24, 2.45) is 5.41 Å². The SMILES string of the molecule is CC(C)(C)CCS(=O)(=O)Nc1ccc(S(=O)(=O)Cl)cc1Br. The average Bonchev–Trinajstić information content (AvgIpc) is 2.27. The van der Waals surface area contributed by atoms with Crippen LogP contribution in [0.15, 0.2) is 27.6 Å². The molecular formula is C12H17BrClNO4S2. The molecule has 0 saturated carbocycles. The molecule has 0 fully saturated rings. The molecule has 0 aliphatic carbocycles. The summed E-state index contributed by atoms with van der Waals surface area (Å²) in [6, 6.07) is 3.85. The Morgan fingerprint density at radius 1 is 1.19 bits per heavy atom. The van der Waals surface area contributed by atoms with Gasteiger partial charge in [-0.1, -0.05) is 20.8 Å². The van der Waals surface area contributed by atoms with Crippen molar-refractivity contribution in [1.29, 1.82) is 0 Å². The molecule has 0 aromatic heterocycles. The Labute approximate surface area is 138 Å². The summed E-state index contributed by atoms with van der Waals surface area (Å²) < 4.78 is 49.1. The Morgan fingerprint density at radius 2 is 1.76 bits per heavy atom. The van der Waals surface area contributed by atoms with Gasteiger partial charge in [-0.25, -0.2) is 16.8 Å². The van der Waals surface area contributed by atoms with Crippen LogP contribution in [0.1, 0.15) is 27.2 Å². The lowest BCUT2D eigenvalue weighted by atomic mass is 9.94. The van der Waals surface area contributed by atoms with Gasteiger partial charge < -0.3 is 0 Å². The zero-order valence-electron chi connectivity index (χ0n) is 11.9. The molecule has 0 spiro atoms. The van der Waals surface area contributed by atoms with E-state index in [2.05, 4.69) is 20.7 Å². The van der Waals surface area contributed by atoms with E-state index in [1.807, 2.05) is 20.8 Å². The summed E-state index contributed by atoms with van der Waals surface area (Å²) in [5.41, 5.74) is 0.177. The van der Waals surface area contributed by atoms with Crippen molar-refractivity contribution in [3.8, 4) is 0 Å². The number of hydrogen-bond acceptors (Lipinski definition) is 4. The van der Waals surface area contributed by atoms with Gasteiger partial charge in [0.1, 0.15) is 0 Å². The van der Waals surface area contributed by atoms with Crippen molar-refractivity contribution in [3.05, 3.63) is 22.7 Å². The van der Waals surface area contributed by atoms with Crippen molar-refractivity contribution < 1.29 is 16.8 Å². The second-order valence-corrected chi connectivity index (χ2v) is 11.1. The van der Waals surface area contributed by atoms with Gasteiger partial charge in [-0.2, -0.15) is 0 Å². The number of benzene rings is 1. The maximum Gasteiger partial charge on any atom is 0.261 e. The monoisotopic (exact) mass is 417 g/mol. The Morgan fingerprint density at radius 3 is 2.19 bits per heavy atom. The van der Waals surface area contributed by atoms with Gasteiger partial charge in [-0.3, -0.25) is 4.72 Å². The predicted octanol–water partition coefficient (Wildman–Crippen LogP) is 3.55. The highest BCUT2D eigenvalue weighted by Crippen LogP contribution is 2.28. The minimum Gasteiger partial charge on any atom is -0.282 e. The Kier molecular flexibility index (Phi) is 5.74. The summed E-state index contributed by atoms with van der Waals surface area (Å²) in [7, 11) is -2.12. The highest BCUT2D eigenvalue weighted by Gasteiger charge is 2.19. The maximum atomic E-state index is 12.0. The lowest BCUT2D eigenvalue weighted by molar-refractivity contribution is 0.397. The normalized spacial score (nSPS) is 13.2. The van der Waals surface area contributed by atoms with Crippen LogP contribution in [0.2, 0.25) is 0 Å². The zero-order chi connectivity index (χ0) is 16.5. The number of sulfonamides is 1. The molecular weight excluding hydrogens is 402 g/mol.